The summed E-state index contributed by atoms with van der Waals surface area (Å²) in [5, 5.41) is 0. The Morgan fingerprint density at radius 3 is 2.32 bits per heavy atom. The van der Waals surface area contributed by atoms with E-state index >= 15 is 0 Å². The summed E-state index contributed by atoms with van der Waals surface area (Å²) >= 11 is 0. The monoisotopic (exact) mass is 314 g/mol. The van der Waals surface area contributed by atoms with Crippen LogP contribution < -0.4 is 0 Å². The third-order valence-electron chi connectivity index (χ3n) is 3.89. The molecule has 0 aromatic heterocycles. The highest BCUT2D eigenvalue weighted by Crippen LogP contribution is 2.26. The first-order valence-electron chi connectivity index (χ1n) is 7.08. The first-order chi connectivity index (χ1) is 10.6. The zero-order chi connectivity index (χ0) is 15.6. The fraction of sp³-hybridized carbons (Fsp3) is 0.235. The molecule has 0 saturated carbocycles. The molecule has 0 unspecified atom stereocenters. The number of hydrogen-bond acceptors (Lipinski definition) is 3. The Labute approximate surface area is 130 Å². The Balaban J connectivity index is 1.91. The molecule has 2 aromatic rings. The second-order valence-corrected chi connectivity index (χ2v) is 7.32. The van der Waals surface area contributed by atoms with Crippen LogP contribution in [0.15, 0.2) is 54.6 Å². The minimum atomic E-state index is -3.57. The number of carbonyl (C=O) groups excluding carboxylic acids is 1. The lowest BCUT2D eigenvalue weighted by atomic mass is 9.97. The fourth-order valence-corrected chi connectivity index (χ4v) is 4.38. The highest BCUT2D eigenvalue weighted by atomic mass is 32.2. The maximum atomic E-state index is 12.7. The van der Waals surface area contributed by atoms with Crippen LogP contribution in [0, 0.1) is 0 Å². The standard InChI is InChI=1S/C17H16NO3S/c19-12-17-10-15-8-4-5-9-16(15)11-18(17)22(20,21)13-14-6-2-1-3-7-14/h1-9,17H,10-11,13H2/t17-/m0/s1. The second kappa shape index (κ2) is 6.02. The maximum Gasteiger partial charge on any atom is 0.219 e. The van der Waals surface area contributed by atoms with E-state index < -0.39 is 16.1 Å². The van der Waals surface area contributed by atoms with Gasteiger partial charge < -0.3 is 0 Å². The maximum absolute atomic E-state index is 12.7. The van der Waals surface area contributed by atoms with Crippen molar-refractivity contribution >= 4 is 16.3 Å². The van der Waals surface area contributed by atoms with E-state index in [1.807, 2.05) is 36.6 Å². The summed E-state index contributed by atoms with van der Waals surface area (Å²) in [5.74, 6) is -0.103. The molecule has 1 heterocycles. The number of benzene rings is 2. The summed E-state index contributed by atoms with van der Waals surface area (Å²) in [7, 11) is -3.57. The zero-order valence-corrected chi connectivity index (χ0v) is 12.8. The number of sulfonamides is 1. The van der Waals surface area contributed by atoms with Crippen LogP contribution in [-0.2, 0) is 33.5 Å². The van der Waals surface area contributed by atoms with Crippen LogP contribution in [0.3, 0.4) is 0 Å². The molecule has 0 saturated heterocycles. The number of hydrogen-bond donors (Lipinski definition) is 0. The van der Waals surface area contributed by atoms with E-state index in [2.05, 4.69) is 0 Å². The van der Waals surface area contributed by atoms with Crippen LogP contribution in [0.25, 0.3) is 0 Å². The molecule has 113 valence electrons. The van der Waals surface area contributed by atoms with Crippen molar-refractivity contribution in [3.8, 4) is 0 Å². The molecule has 1 atom stereocenters. The number of fused-ring (bicyclic) bond motifs is 1. The highest BCUT2D eigenvalue weighted by molar-refractivity contribution is 7.88. The molecule has 3 rings (SSSR count). The largest absolute Gasteiger partial charge is 0.289 e. The van der Waals surface area contributed by atoms with E-state index in [4.69, 9.17) is 0 Å². The first kappa shape index (κ1) is 14.9. The van der Waals surface area contributed by atoms with Gasteiger partial charge in [0.1, 0.15) is 0 Å². The van der Waals surface area contributed by atoms with Gasteiger partial charge in [-0.15, -0.1) is 0 Å². The molecule has 0 fully saturated rings. The third-order valence-corrected chi connectivity index (χ3v) is 5.69. The Bertz CT molecular complexity index is 772. The number of nitrogens with zero attached hydrogens (tertiary/aromatic N) is 1. The van der Waals surface area contributed by atoms with E-state index in [0.29, 0.717) is 12.0 Å². The SMILES string of the molecule is O=[C][C@@H]1Cc2ccccc2CN1S(=O)(=O)Cc1ccccc1. The Morgan fingerprint density at radius 2 is 1.64 bits per heavy atom. The molecule has 22 heavy (non-hydrogen) atoms. The van der Waals surface area contributed by atoms with Crippen LogP contribution in [0.4, 0.5) is 0 Å². The molecular formula is C17H16NO3S. The van der Waals surface area contributed by atoms with Crippen molar-refractivity contribution in [2.24, 2.45) is 0 Å². The summed E-state index contributed by atoms with van der Waals surface area (Å²) in [6, 6.07) is 15.9. The molecule has 0 N–H and O–H groups in total. The van der Waals surface area contributed by atoms with Gasteiger partial charge in [0.05, 0.1) is 11.8 Å². The molecule has 1 aliphatic rings. The average molecular weight is 314 g/mol. The van der Waals surface area contributed by atoms with Crippen molar-refractivity contribution in [3.05, 3.63) is 71.3 Å². The summed E-state index contributed by atoms with van der Waals surface area (Å²) in [5.41, 5.74) is 2.68. The van der Waals surface area contributed by atoms with Crippen molar-refractivity contribution in [2.45, 2.75) is 24.8 Å². The summed E-state index contributed by atoms with van der Waals surface area (Å²) in [4.78, 5) is 11.2. The molecule has 2 aromatic carbocycles. The molecule has 0 aliphatic carbocycles. The van der Waals surface area contributed by atoms with Gasteiger partial charge in [0.15, 0.2) is 0 Å². The van der Waals surface area contributed by atoms with Crippen LogP contribution >= 0.6 is 0 Å². The Hall–Kier alpha value is -1.98. The lowest BCUT2D eigenvalue weighted by Crippen LogP contribution is -2.45. The fourth-order valence-electron chi connectivity index (χ4n) is 2.76. The molecule has 0 bridgehead atoms. The first-order valence-corrected chi connectivity index (χ1v) is 8.69. The van der Waals surface area contributed by atoms with Crippen LogP contribution in [0.1, 0.15) is 16.7 Å². The predicted octanol–water partition coefficient (Wildman–Crippen LogP) is 2.05. The Morgan fingerprint density at radius 1 is 1.00 bits per heavy atom. The van der Waals surface area contributed by atoms with Crippen molar-refractivity contribution in [1.82, 2.24) is 4.31 Å². The Kier molecular flexibility index (Phi) is 4.09. The lowest BCUT2D eigenvalue weighted by molar-refractivity contribution is 0.338. The van der Waals surface area contributed by atoms with Crippen molar-refractivity contribution in [1.29, 1.82) is 0 Å². The minimum absolute atomic E-state index is 0.103. The van der Waals surface area contributed by atoms with Gasteiger partial charge in [-0.05, 0) is 23.1 Å². The number of rotatable bonds is 4. The van der Waals surface area contributed by atoms with Crippen LogP contribution in [0.2, 0.25) is 0 Å². The smallest absolute Gasteiger partial charge is 0.219 e. The van der Waals surface area contributed by atoms with E-state index in [1.165, 1.54) is 4.31 Å². The average Bonchev–Trinajstić information content (AvgIpc) is 2.54. The topological polar surface area (TPSA) is 54.5 Å². The van der Waals surface area contributed by atoms with Gasteiger partial charge in [-0.1, -0.05) is 54.6 Å². The predicted molar refractivity (Wildman–Crippen MR) is 84.2 cm³/mol. The summed E-state index contributed by atoms with van der Waals surface area (Å²) in [6.45, 7) is 0.227. The van der Waals surface area contributed by atoms with Crippen molar-refractivity contribution in [3.63, 3.8) is 0 Å². The molecule has 5 heteroatoms. The van der Waals surface area contributed by atoms with Crippen molar-refractivity contribution < 1.29 is 13.2 Å². The van der Waals surface area contributed by atoms with Gasteiger partial charge in [-0.2, -0.15) is 4.31 Å². The van der Waals surface area contributed by atoms with Gasteiger partial charge in [-0.3, -0.25) is 4.79 Å². The van der Waals surface area contributed by atoms with Crippen molar-refractivity contribution in [2.75, 3.05) is 0 Å². The van der Waals surface area contributed by atoms with Gasteiger partial charge in [0.2, 0.25) is 16.3 Å². The lowest BCUT2D eigenvalue weighted by Gasteiger charge is -2.32. The van der Waals surface area contributed by atoms with Crippen LogP contribution in [0.5, 0.6) is 0 Å². The highest BCUT2D eigenvalue weighted by Gasteiger charge is 2.34. The molecule has 1 aliphatic heterocycles. The molecule has 4 nitrogen and oxygen atoms in total. The van der Waals surface area contributed by atoms with Gasteiger partial charge in [-0.25, -0.2) is 8.42 Å². The zero-order valence-electron chi connectivity index (χ0n) is 12.0. The second-order valence-electron chi connectivity index (χ2n) is 5.39. The van der Waals surface area contributed by atoms with Crippen LogP contribution in [-0.4, -0.2) is 25.1 Å². The van der Waals surface area contributed by atoms with E-state index in [0.717, 1.165) is 11.1 Å². The van der Waals surface area contributed by atoms with Gasteiger partial charge >= 0.3 is 0 Å². The third kappa shape index (κ3) is 2.96. The molecular weight excluding hydrogens is 298 g/mol. The normalized spacial score (nSPS) is 18.6. The quantitative estimate of drug-likeness (QED) is 0.868. The van der Waals surface area contributed by atoms with Gasteiger partial charge in [0, 0.05) is 6.54 Å². The van der Waals surface area contributed by atoms with Gasteiger partial charge in [0.25, 0.3) is 0 Å². The molecule has 0 spiro atoms. The minimum Gasteiger partial charge on any atom is -0.289 e. The van der Waals surface area contributed by atoms with E-state index in [1.54, 1.807) is 24.3 Å². The molecule has 1 radical (unpaired) electrons. The van der Waals surface area contributed by atoms with E-state index in [9.17, 15) is 13.2 Å². The summed E-state index contributed by atoms with van der Waals surface area (Å²) < 4.78 is 26.6. The summed E-state index contributed by atoms with van der Waals surface area (Å²) in [6.07, 6.45) is 2.27. The molecule has 0 amide bonds. The van der Waals surface area contributed by atoms with E-state index in [-0.39, 0.29) is 12.3 Å².